The third kappa shape index (κ3) is 2.88. The Bertz CT molecular complexity index is 733. The van der Waals surface area contributed by atoms with E-state index in [4.69, 9.17) is 9.47 Å². The van der Waals surface area contributed by atoms with Crippen molar-refractivity contribution in [3.8, 4) is 0 Å². The number of carbonyl (C=O) groups excluding carboxylic acids is 3. The summed E-state index contributed by atoms with van der Waals surface area (Å²) in [6.45, 7) is 7.04. The molecule has 0 aromatic carbocycles. The highest BCUT2D eigenvalue weighted by atomic mass is 16.6. The highest BCUT2D eigenvalue weighted by Crippen LogP contribution is 2.67. The van der Waals surface area contributed by atoms with E-state index >= 15 is 0 Å². The van der Waals surface area contributed by atoms with Crippen LogP contribution in [-0.4, -0.2) is 40.6 Å². The van der Waals surface area contributed by atoms with Gasteiger partial charge in [-0.2, -0.15) is 0 Å². The molecule has 0 bridgehead atoms. The number of esters is 2. The van der Waals surface area contributed by atoms with E-state index in [0.717, 1.165) is 25.7 Å². The van der Waals surface area contributed by atoms with Gasteiger partial charge in [-0.05, 0) is 56.3 Å². The smallest absolute Gasteiger partial charge is 0.303 e. The fourth-order valence-electron chi connectivity index (χ4n) is 7.81. The standard InChI is InChI=1S/C23H34O6/c1-13(24)28-15-7-10-22(4)18-8-9-21(3)17(5-6-19(21)26)16(18)11-20(27)23(22,12-15)29-14(2)25/h15-18,20,27H,5-12H2,1-4H3/t15-,16+,17+,18+,20+,21+,22-,23+/m1/s1. The Labute approximate surface area is 172 Å². The Balaban J connectivity index is 1.72. The maximum Gasteiger partial charge on any atom is 0.303 e. The predicted molar refractivity (Wildman–Crippen MR) is 105 cm³/mol. The maximum atomic E-state index is 12.6. The number of hydrogen-bond acceptors (Lipinski definition) is 6. The molecule has 0 radical (unpaired) electrons. The number of aliphatic hydroxyl groups is 1. The van der Waals surface area contributed by atoms with Crippen LogP contribution < -0.4 is 0 Å². The number of aliphatic hydroxyl groups excluding tert-OH is 1. The monoisotopic (exact) mass is 406 g/mol. The predicted octanol–water partition coefficient (Wildman–Crippen LogP) is 3.19. The third-order valence-corrected chi connectivity index (χ3v) is 9.14. The lowest BCUT2D eigenvalue weighted by molar-refractivity contribution is -0.273. The summed E-state index contributed by atoms with van der Waals surface area (Å²) in [4.78, 5) is 36.3. The zero-order valence-electron chi connectivity index (χ0n) is 18.0. The third-order valence-electron chi connectivity index (χ3n) is 9.14. The van der Waals surface area contributed by atoms with E-state index in [2.05, 4.69) is 13.8 Å². The molecule has 1 N–H and O–H groups in total. The molecule has 0 amide bonds. The summed E-state index contributed by atoms with van der Waals surface area (Å²) < 4.78 is 11.5. The Kier molecular flexibility index (Phi) is 4.88. The largest absolute Gasteiger partial charge is 0.462 e. The first-order valence-electron chi connectivity index (χ1n) is 11.1. The summed E-state index contributed by atoms with van der Waals surface area (Å²) in [6, 6.07) is 0. The number of hydrogen-bond donors (Lipinski definition) is 1. The van der Waals surface area contributed by atoms with E-state index in [9.17, 15) is 19.5 Å². The van der Waals surface area contributed by atoms with E-state index in [1.807, 2.05) is 0 Å². The van der Waals surface area contributed by atoms with Crippen LogP contribution in [0.5, 0.6) is 0 Å². The minimum atomic E-state index is -1.05. The highest BCUT2D eigenvalue weighted by molar-refractivity contribution is 5.87. The molecule has 6 nitrogen and oxygen atoms in total. The van der Waals surface area contributed by atoms with Gasteiger partial charge in [-0.15, -0.1) is 0 Å². The minimum Gasteiger partial charge on any atom is -0.462 e. The molecule has 0 spiro atoms. The molecule has 4 fully saturated rings. The molecule has 0 saturated heterocycles. The summed E-state index contributed by atoms with van der Waals surface area (Å²) >= 11 is 0. The zero-order valence-corrected chi connectivity index (χ0v) is 18.0. The fraction of sp³-hybridized carbons (Fsp3) is 0.870. The Morgan fingerprint density at radius 2 is 1.76 bits per heavy atom. The molecule has 0 aliphatic heterocycles. The molecule has 0 aromatic rings. The van der Waals surface area contributed by atoms with E-state index in [1.165, 1.54) is 13.8 Å². The fourth-order valence-corrected chi connectivity index (χ4v) is 7.81. The van der Waals surface area contributed by atoms with Gasteiger partial charge in [0.15, 0.2) is 0 Å². The summed E-state index contributed by atoms with van der Waals surface area (Å²) in [5.74, 6) is 0.450. The van der Waals surface area contributed by atoms with Gasteiger partial charge >= 0.3 is 11.9 Å². The lowest BCUT2D eigenvalue weighted by Crippen LogP contribution is -2.70. The van der Waals surface area contributed by atoms with Crippen molar-refractivity contribution in [2.75, 3.05) is 0 Å². The molecule has 0 unspecified atom stereocenters. The number of Topliss-reactive ketones (excluding diaryl/α,β-unsaturated/α-hetero) is 1. The molecule has 4 rings (SSSR count). The van der Waals surface area contributed by atoms with Gasteiger partial charge in [-0.25, -0.2) is 0 Å². The van der Waals surface area contributed by atoms with Crippen molar-refractivity contribution in [2.45, 2.75) is 96.9 Å². The van der Waals surface area contributed by atoms with Gasteiger partial charge in [-0.1, -0.05) is 13.8 Å². The molecule has 4 saturated carbocycles. The van der Waals surface area contributed by atoms with E-state index < -0.39 is 23.1 Å². The van der Waals surface area contributed by atoms with Crippen LogP contribution in [0, 0.1) is 28.6 Å². The lowest BCUT2D eigenvalue weighted by atomic mass is 9.43. The van der Waals surface area contributed by atoms with Gasteiger partial charge in [0.25, 0.3) is 0 Å². The van der Waals surface area contributed by atoms with Crippen LogP contribution in [-0.2, 0) is 23.9 Å². The van der Waals surface area contributed by atoms with E-state index in [0.29, 0.717) is 37.4 Å². The van der Waals surface area contributed by atoms with Crippen LogP contribution in [0.2, 0.25) is 0 Å². The average Bonchev–Trinajstić information content (AvgIpc) is 2.92. The van der Waals surface area contributed by atoms with Gasteiger partial charge in [-0.3, -0.25) is 14.4 Å². The van der Waals surface area contributed by atoms with Crippen LogP contribution in [0.15, 0.2) is 0 Å². The number of fused-ring (bicyclic) bond motifs is 5. The van der Waals surface area contributed by atoms with Crippen LogP contribution in [0.4, 0.5) is 0 Å². The molecule has 6 heteroatoms. The SMILES string of the molecule is CC(=O)O[C@@H]1CC[C@]2(C)[C@H]3CC[C@]4(C)C(=O)CC[C@H]4[C@@H]3C[C@H](O)[C@@]2(OC(C)=O)C1. The van der Waals surface area contributed by atoms with Crippen LogP contribution in [0.25, 0.3) is 0 Å². The molecule has 29 heavy (non-hydrogen) atoms. The van der Waals surface area contributed by atoms with Gasteiger partial charge < -0.3 is 14.6 Å². The highest BCUT2D eigenvalue weighted by Gasteiger charge is 2.69. The average molecular weight is 407 g/mol. The topological polar surface area (TPSA) is 89.9 Å². The van der Waals surface area contributed by atoms with Crippen molar-refractivity contribution in [1.29, 1.82) is 0 Å². The van der Waals surface area contributed by atoms with Crippen molar-refractivity contribution in [1.82, 2.24) is 0 Å². The molecular weight excluding hydrogens is 372 g/mol. The van der Waals surface area contributed by atoms with Crippen LogP contribution in [0.1, 0.15) is 79.1 Å². The first-order valence-corrected chi connectivity index (χ1v) is 11.1. The second kappa shape index (κ2) is 6.79. The first kappa shape index (κ1) is 20.8. The van der Waals surface area contributed by atoms with E-state index in [1.54, 1.807) is 0 Å². The maximum absolute atomic E-state index is 12.6. The lowest BCUT2D eigenvalue weighted by Gasteiger charge is -2.65. The molecule has 162 valence electrons. The van der Waals surface area contributed by atoms with Crippen molar-refractivity contribution in [3.63, 3.8) is 0 Å². The van der Waals surface area contributed by atoms with Crippen molar-refractivity contribution >= 4 is 17.7 Å². The molecular formula is C23H34O6. The van der Waals surface area contributed by atoms with Gasteiger partial charge in [0.05, 0.1) is 6.10 Å². The summed E-state index contributed by atoms with van der Waals surface area (Å²) in [5.41, 5.74) is -1.72. The summed E-state index contributed by atoms with van der Waals surface area (Å²) in [6.07, 6.45) is 4.45. The van der Waals surface area contributed by atoms with Crippen molar-refractivity contribution in [2.24, 2.45) is 28.6 Å². The molecule has 4 aliphatic rings. The minimum absolute atomic E-state index is 0.258. The number of rotatable bonds is 2. The van der Waals surface area contributed by atoms with Crippen molar-refractivity contribution < 1.29 is 29.0 Å². The molecule has 0 aromatic heterocycles. The Morgan fingerprint density at radius 3 is 2.41 bits per heavy atom. The quantitative estimate of drug-likeness (QED) is 0.709. The second-order valence-corrected chi connectivity index (χ2v) is 10.4. The number of ether oxygens (including phenoxy) is 2. The van der Waals surface area contributed by atoms with E-state index in [-0.39, 0.29) is 29.3 Å². The summed E-state index contributed by atoms with van der Waals surface area (Å²) in [7, 11) is 0. The molecule has 8 atom stereocenters. The molecule has 0 heterocycles. The first-order chi connectivity index (χ1) is 13.5. The second-order valence-electron chi connectivity index (χ2n) is 10.4. The Morgan fingerprint density at radius 1 is 1.03 bits per heavy atom. The normalized spacial score (nSPS) is 48.9. The van der Waals surface area contributed by atoms with Gasteiger partial charge in [0.1, 0.15) is 17.5 Å². The Hall–Kier alpha value is -1.43. The molecule has 4 aliphatic carbocycles. The summed E-state index contributed by atoms with van der Waals surface area (Å²) in [5, 5.41) is 11.4. The van der Waals surface area contributed by atoms with Gasteiger partial charge in [0, 0.05) is 37.5 Å². The van der Waals surface area contributed by atoms with Crippen LogP contribution in [0.3, 0.4) is 0 Å². The van der Waals surface area contributed by atoms with Gasteiger partial charge in [0.2, 0.25) is 0 Å². The van der Waals surface area contributed by atoms with Crippen LogP contribution >= 0.6 is 0 Å². The number of carbonyl (C=O) groups is 3. The number of ketones is 1. The zero-order chi connectivity index (χ0) is 21.2. The van der Waals surface area contributed by atoms with Crippen molar-refractivity contribution in [3.05, 3.63) is 0 Å².